The van der Waals surface area contributed by atoms with Gasteiger partial charge in [-0.3, -0.25) is 0 Å². The van der Waals surface area contributed by atoms with Crippen molar-refractivity contribution in [3.63, 3.8) is 0 Å². The van der Waals surface area contributed by atoms with E-state index in [0.29, 0.717) is 0 Å². The molecule has 0 radical (unpaired) electrons. The minimum atomic E-state index is -1.96. The van der Waals surface area contributed by atoms with Crippen molar-refractivity contribution in [3.05, 3.63) is 17.1 Å². The van der Waals surface area contributed by atoms with Gasteiger partial charge in [0.15, 0.2) is 0 Å². The second kappa shape index (κ2) is 24.5. The molecule has 0 aromatic rings. The fraction of sp³-hybridized carbons (Fsp3) is 0.789. The van der Waals surface area contributed by atoms with Gasteiger partial charge >= 0.3 is 138 Å². The van der Waals surface area contributed by atoms with Gasteiger partial charge in [-0.1, -0.05) is 6.92 Å². The molecule has 0 bridgehead atoms. The van der Waals surface area contributed by atoms with Crippen LogP contribution in [0.2, 0.25) is 13.3 Å². The molecular formula is C19H36CuLiSn. The standard InChI is InChI=1S/C5H7.3C4H9.C2H2.Cu.Li.Sn/c1-3-5-4-2;3*1-3-4-2;1-2;;;/h3,5H2,1H3;3*1,3-4H2,2H3;1-2H;;;/q-1;;;;-1;2*+1;. The second-order valence-electron chi connectivity index (χ2n) is 5.77. The van der Waals surface area contributed by atoms with Crippen LogP contribution < -0.4 is 18.9 Å². The zero-order chi connectivity index (χ0) is 15.7. The summed E-state index contributed by atoms with van der Waals surface area (Å²) in [7, 11) is 0. The summed E-state index contributed by atoms with van der Waals surface area (Å²) >= 11 is -1.96. The number of hydrogen-bond donors (Lipinski definition) is 0. The molecule has 0 heterocycles. The maximum absolute atomic E-state index is 6.35. The Hall–Kier alpha value is 1.22. The van der Waals surface area contributed by atoms with Crippen molar-refractivity contribution in [2.24, 2.45) is 0 Å². The summed E-state index contributed by atoms with van der Waals surface area (Å²) in [5.41, 5.74) is 0. The van der Waals surface area contributed by atoms with Gasteiger partial charge in [0, 0.05) is 0 Å². The van der Waals surface area contributed by atoms with Crippen molar-refractivity contribution >= 4 is 18.4 Å². The Bertz CT molecular complexity index is 227. The summed E-state index contributed by atoms with van der Waals surface area (Å²) in [4.78, 5) is 0. The Morgan fingerprint density at radius 2 is 1.23 bits per heavy atom. The minimum absolute atomic E-state index is 0. The molecule has 0 rings (SSSR count). The third-order valence-corrected chi connectivity index (χ3v) is 17.4. The van der Waals surface area contributed by atoms with Gasteiger partial charge in [0.05, 0.1) is 0 Å². The molecule has 0 atom stereocenters. The molecule has 0 N–H and O–H groups in total. The number of rotatable bonds is 11. The molecule has 0 saturated heterocycles. The van der Waals surface area contributed by atoms with Crippen molar-refractivity contribution < 1.29 is 35.9 Å². The average Bonchev–Trinajstić information content (AvgIpc) is 2.48. The Labute approximate surface area is 168 Å². The van der Waals surface area contributed by atoms with E-state index in [0.717, 1.165) is 12.8 Å². The third kappa shape index (κ3) is 19.3. The van der Waals surface area contributed by atoms with E-state index in [4.69, 9.17) is 13.0 Å². The van der Waals surface area contributed by atoms with Crippen LogP contribution in [0.15, 0.2) is 4.09 Å². The van der Waals surface area contributed by atoms with Gasteiger partial charge in [0.2, 0.25) is 0 Å². The van der Waals surface area contributed by atoms with Gasteiger partial charge in [-0.2, -0.15) is 0 Å². The van der Waals surface area contributed by atoms with E-state index in [-0.39, 0.29) is 35.9 Å². The Morgan fingerprint density at radius 1 is 0.864 bits per heavy atom. The fourth-order valence-electron chi connectivity index (χ4n) is 2.34. The summed E-state index contributed by atoms with van der Waals surface area (Å²) in [6, 6.07) is 0. The van der Waals surface area contributed by atoms with Crippen LogP contribution in [0.1, 0.15) is 79.1 Å². The first kappa shape index (κ1) is 31.0. The van der Waals surface area contributed by atoms with Crippen molar-refractivity contribution in [1.82, 2.24) is 0 Å². The molecule has 0 aliphatic rings. The molecule has 128 valence electrons. The van der Waals surface area contributed by atoms with E-state index in [1.54, 1.807) is 0 Å². The van der Waals surface area contributed by atoms with Gasteiger partial charge in [-0.15, -0.1) is 0 Å². The van der Waals surface area contributed by atoms with Crippen LogP contribution in [0, 0.1) is 18.9 Å². The SMILES string of the molecule is [C-]#CCCC.[CH-]=[CH][Sn]([CH2]CCC)([CH2]CCC)[CH2]CCC.[Cu+].[Li+]. The molecule has 0 aliphatic heterocycles. The Morgan fingerprint density at radius 3 is 1.36 bits per heavy atom. The van der Waals surface area contributed by atoms with Crippen LogP contribution in [-0.4, -0.2) is 18.4 Å². The van der Waals surface area contributed by atoms with Gasteiger partial charge < -0.3 is 12.3 Å². The molecule has 0 nitrogen and oxygen atoms in total. The molecule has 3 heteroatoms. The number of hydrogen-bond acceptors (Lipinski definition) is 0. The predicted molar refractivity (Wildman–Crippen MR) is 95.8 cm³/mol. The number of unbranched alkanes of at least 4 members (excludes halogenated alkanes) is 4. The maximum atomic E-state index is 6.35. The van der Waals surface area contributed by atoms with E-state index >= 15 is 0 Å². The van der Waals surface area contributed by atoms with Crippen LogP contribution in [-0.2, 0) is 17.1 Å². The summed E-state index contributed by atoms with van der Waals surface area (Å²) in [6.45, 7) is 14.9. The van der Waals surface area contributed by atoms with Gasteiger partial charge in [-0.05, 0) is 12.8 Å². The van der Waals surface area contributed by atoms with Crippen molar-refractivity contribution in [2.75, 3.05) is 0 Å². The Kier molecular flexibility index (Phi) is 34.5. The third-order valence-electron chi connectivity index (χ3n) is 3.81. The van der Waals surface area contributed by atoms with Crippen LogP contribution >= 0.6 is 0 Å². The quantitative estimate of drug-likeness (QED) is 0.254. The maximum Gasteiger partial charge on any atom is 1.00 e. The smallest absolute Gasteiger partial charge is 1.00 e. The zero-order valence-electron chi connectivity index (χ0n) is 15.7. The first-order valence-electron chi connectivity index (χ1n) is 8.61. The van der Waals surface area contributed by atoms with E-state index in [1.165, 1.54) is 51.8 Å². The summed E-state index contributed by atoms with van der Waals surface area (Å²) in [6.07, 6.45) is 16.5. The van der Waals surface area contributed by atoms with Gasteiger partial charge in [0.1, 0.15) is 0 Å². The topological polar surface area (TPSA) is 0 Å². The normalized spacial score (nSPS) is 9.41. The van der Waals surface area contributed by atoms with Crippen molar-refractivity contribution in [2.45, 2.75) is 92.4 Å². The van der Waals surface area contributed by atoms with E-state index < -0.39 is 18.4 Å². The molecule has 0 spiro atoms. The zero-order valence-corrected chi connectivity index (χ0v) is 19.5. The molecule has 0 aromatic heterocycles. The molecular weight excluding hydrogens is 417 g/mol. The molecule has 0 aromatic carbocycles. The molecule has 0 amide bonds. The molecule has 22 heavy (non-hydrogen) atoms. The first-order valence-corrected chi connectivity index (χ1v) is 16.3. The fourth-order valence-corrected chi connectivity index (χ4v) is 15.0. The van der Waals surface area contributed by atoms with Gasteiger partial charge in [0.25, 0.3) is 0 Å². The summed E-state index contributed by atoms with van der Waals surface area (Å²) in [5, 5.41) is 0. The average molecular weight is 454 g/mol. The monoisotopic (exact) mass is 454 g/mol. The van der Waals surface area contributed by atoms with Crippen LogP contribution in [0.4, 0.5) is 0 Å². The van der Waals surface area contributed by atoms with E-state index in [9.17, 15) is 0 Å². The van der Waals surface area contributed by atoms with Crippen LogP contribution in [0.5, 0.6) is 0 Å². The van der Waals surface area contributed by atoms with E-state index in [2.05, 4.69) is 30.8 Å². The first-order chi connectivity index (χ1) is 9.66. The van der Waals surface area contributed by atoms with Crippen molar-refractivity contribution in [3.8, 4) is 5.92 Å². The van der Waals surface area contributed by atoms with E-state index in [1.807, 2.05) is 6.92 Å². The summed E-state index contributed by atoms with van der Waals surface area (Å²) < 4.78 is 6.72. The predicted octanol–water partition coefficient (Wildman–Crippen LogP) is 3.74. The Balaban J connectivity index is -0.000000201. The molecule has 0 saturated carbocycles. The minimum Gasteiger partial charge on any atom is 1.00 e. The van der Waals surface area contributed by atoms with Crippen LogP contribution in [0.25, 0.3) is 0 Å². The second-order valence-corrected chi connectivity index (χ2v) is 18.8. The van der Waals surface area contributed by atoms with Crippen LogP contribution in [0.3, 0.4) is 0 Å². The van der Waals surface area contributed by atoms with Gasteiger partial charge in [-0.25, -0.2) is 0 Å². The molecule has 0 fully saturated rings. The summed E-state index contributed by atoms with van der Waals surface area (Å²) in [5.74, 6) is 2.27. The van der Waals surface area contributed by atoms with Crippen molar-refractivity contribution in [1.29, 1.82) is 0 Å². The largest absolute Gasteiger partial charge is 1.00 e. The molecule has 0 unspecified atom stereocenters. The molecule has 0 aliphatic carbocycles.